The summed E-state index contributed by atoms with van der Waals surface area (Å²) in [6.45, 7) is 1.83. The van der Waals surface area contributed by atoms with E-state index in [2.05, 4.69) is 0 Å². The molecule has 3 aromatic carbocycles. The number of carbonyl (C=O) groups excluding carboxylic acids is 2. The average molecular weight is 490 g/mol. The molecule has 0 radical (unpaired) electrons. The van der Waals surface area contributed by atoms with Crippen LogP contribution in [0.5, 0.6) is 0 Å². The van der Waals surface area contributed by atoms with Gasteiger partial charge in [0.1, 0.15) is 0 Å². The molecule has 1 fully saturated rings. The van der Waals surface area contributed by atoms with Gasteiger partial charge in [-0.1, -0.05) is 23.7 Å². The minimum absolute atomic E-state index is 0.0114. The van der Waals surface area contributed by atoms with Gasteiger partial charge in [-0.2, -0.15) is 0 Å². The Balaban J connectivity index is 1.55. The van der Waals surface area contributed by atoms with E-state index in [9.17, 15) is 14.4 Å². The molecule has 1 saturated heterocycles. The predicted octanol–water partition coefficient (Wildman–Crippen LogP) is 4.52. The fraction of sp³-hybridized carbons (Fsp3) is 0.222. The molecule has 7 nitrogen and oxygen atoms in total. The normalized spacial score (nSPS) is 13.4. The molecule has 0 saturated carbocycles. The molecule has 35 heavy (non-hydrogen) atoms. The van der Waals surface area contributed by atoms with E-state index >= 15 is 0 Å². The summed E-state index contributed by atoms with van der Waals surface area (Å²) in [6.07, 6.45) is 2.06. The summed E-state index contributed by atoms with van der Waals surface area (Å²) in [5.74, 6) is -0.422. The zero-order valence-corrected chi connectivity index (χ0v) is 20.0. The molecular formula is C27H24ClN3O4. The number of fused-ring (bicyclic) bond motifs is 1. The standard InChI is InChI=1S/C27H24ClN3O4/c1-35-26(33)20-6-4-5-18(15-20)17-30-23-12-9-21(28)16-24(23)31(27(30)34)22-10-7-19(8-11-22)25(32)29-13-2-3-14-29/h4-12,15-16H,2-3,13-14,17H2,1H3. The van der Waals surface area contributed by atoms with Crippen LogP contribution in [0.25, 0.3) is 16.7 Å². The van der Waals surface area contributed by atoms with Crippen LogP contribution in [0.4, 0.5) is 0 Å². The van der Waals surface area contributed by atoms with E-state index in [-0.39, 0.29) is 18.1 Å². The molecule has 0 unspecified atom stereocenters. The van der Waals surface area contributed by atoms with E-state index < -0.39 is 5.97 Å². The Morgan fingerprint density at radius 1 is 0.914 bits per heavy atom. The topological polar surface area (TPSA) is 73.5 Å². The maximum Gasteiger partial charge on any atom is 0.337 e. The molecule has 8 heteroatoms. The van der Waals surface area contributed by atoms with E-state index in [1.807, 2.05) is 17.0 Å². The smallest absolute Gasteiger partial charge is 0.337 e. The number of aromatic nitrogens is 2. The Morgan fingerprint density at radius 3 is 2.37 bits per heavy atom. The summed E-state index contributed by atoms with van der Waals surface area (Å²) in [5, 5.41) is 0.511. The lowest BCUT2D eigenvalue weighted by Gasteiger charge is -2.15. The van der Waals surface area contributed by atoms with Crippen molar-refractivity contribution in [3.63, 3.8) is 0 Å². The van der Waals surface area contributed by atoms with Gasteiger partial charge in [-0.05, 0) is 73.0 Å². The Morgan fingerprint density at radius 2 is 1.66 bits per heavy atom. The van der Waals surface area contributed by atoms with Crippen molar-refractivity contribution in [3.05, 3.63) is 98.9 Å². The van der Waals surface area contributed by atoms with Crippen LogP contribution in [-0.4, -0.2) is 46.1 Å². The van der Waals surface area contributed by atoms with Crippen molar-refractivity contribution < 1.29 is 14.3 Å². The quantitative estimate of drug-likeness (QED) is 0.386. The lowest BCUT2D eigenvalue weighted by molar-refractivity contribution is 0.0600. The molecule has 0 atom stereocenters. The fourth-order valence-electron chi connectivity index (χ4n) is 4.59. The number of benzene rings is 3. The monoisotopic (exact) mass is 489 g/mol. The molecule has 1 aliphatic heterocycles. The second kappa shape index (κ2) is 9.43. The maximum absolute atomic E-state index is 13.6. The Kier molecular flexibility index (Phi) is 6.17. The lowest BCUT2D eigenvalue weighted by Crippen LogP contribution is -2.27. The number of ether oxygens (including phenoxy) is 1. The average Bonchev–Trinajstić information content (AvgIpc) is 3.50. The highest BCUT2D eigenvalue weighted by atomic mass is 35.5. The first kappa shape index (κ1) is 22.9. The van der Waals surface area contributed by atoms with Crippen LogP contribution < -0.4 is 5.69 Å². The molecule has 5 rings (SSSR count). The van der Waals surface area contributed by atoms with Crippen LogP contribution in [0.15, 0.2) is 71.5 Å². The number of hydrogen-bond acceptors (Lipinski definition) is 4. The summed E-state index contributed by atoms with van der Waals surface area (Å²) in [5.41, 5.74) is 3.57. The molecule has 0 aliphatic carbocycles. The van der Waals surface area contributed by atoms with E-state index in [1.165, 1.54) is 7.11 Å². The fourth-order valence-corrected chi connectivity index (χ4v) is 4.75. The third-order valence-electron chi connectivity index (χ3n) is 6.35. The van der Waals surface area contributed by atoms with Crippen LogP contribution in [0.2, 0.25) is 5.02 Å². The number of halogens is 1. The van der Waals surface area contributed by atoms with Crippen LogP contribution >= 0.6 is 11.6 Å². The van der Waals surface area contributed by atoms with E-state index in [0.717, 1.165) is 31.5 Å². The highest BCUT2D eigenvalue weighted by Crippen LogP contribution is 2.23. The Labute approximate surface area is 207 Å². The molecule has 1 aromatic heterocycles. The van der Waals surface area contributed by atoms with Crippen LogP contribution in [0.3, 0.4) is 0 Å². The van der Waals surface area contributed by atoms with Crippen LogP contribution in [-0.2, 0) is 11.3 Å². The molecule has 1 amide bonds. The molecule has 2 heterocycles. The highest BCUT2D eigenvalue weighted by Gasteiger charge is 2.20. The first-order valence-corrected chi connectivity index (χ1v) is 11.8. The van der Waals surface area contributed by atoms with E-state index in [4.69, 9.17) is 16.3 Å². The number of imidazole rings is 1. The molecule has 1 aliphatic rings. The van der Waals surface area contributed by atoms with Gasteiger partial charge in [0.15, 0.2) is 0 Å². The largest absolute Gasteiger partial charge is 0.465 e. The first-order valence-electron chi connectivity index (χ1n) is 11.4. The predicted molar refractivity (Wildman–Crippen MR) is 135 cm³/mol. The summed E-state index contributed by atoms with van der Waals surface area (Å²) < 4.78 is 8.05. The molecule has 0 spiro atoms. The van der Waals surface area contributed by atoms with Crippen molar-refractivity contribution in [2.45, 2.75) is 19.4 Å². The summed E-state index contributed by atoms with van der Waals surface area (Å²) in [6, 6.07) is 19.4. The number of hydrogen-bond donors (Lipinski definition) is 0. The van der Waals surface area contributed by atoms with Crippen molar-refractivity contribution in [2.24, 2.45) is 0 Å². The summed E-state index contributed by atoms with van der Waals surface area (Å²) in [4.78, 5) is 40.2. The van der Waals surface area contributed by atoms with E-state index in [1.54, 1.807) is 63.7 Å². The first-order chi connectivity index (χ1) is 17.0. The summed E-state index contributed by atoms with van der Waals surface area (Å²) >= 11 is 6.28. The van der Waals surface area contributed by atoms with Crippen LogP contribution in [0, 0.1) is 0 Å². The number of rotatable bonds is 5. The van der Waals surface area contributed by atoms with Gasteiger partial charge in [-0.15, -0.1) is 0 Å². The number of amides is 1. The SMILES string of the molecule is COC(=O)c1cccc(Cn2c(=O)n(-c3ccc(C(=O)N4CCCC4)cc3)c3cc(Cl)ccc32)c1. The van der Waals surface area contributed by atoms with Gasteiger partial charge in [0.05, 0.1) is 35.9 Å². The number of nitrogens with zero attached hydrogens (tertiary/aromatic N) is 3. The highest BCUT2D eigenvalue weighted by molar-refractivity contribution is 6.31. The number of carbonyl (C=O) groups is 2. The lowest BCUT2D eigenvalue weighted by atomic mass is 10.1. The van der Waals surface area contributed by atoms with Gasteiger partial charge < -0.3 is 9.64 Å². The molecule has 178 valence electrons. The van der Waals surface area contributed by atoms with E-state index in [0.29, 0.717) is 32.9 Å². The molecular weight excluding hydrogens is 466 g/mol. The maximum atomic E-state index is 13.6. The van der Waals surface area contributed by atoms with Crippen molar-refractivity contribution >= 4 is 34.5 Å². The third-order valence-corrected chi connectivity index (χ3v) is 6.58. The van der Waals surface area contributed by atoms with Gasteiger partial charge in [0.25, 0.3) is 5.91 Å². The van der Waals surface area contributed by atoms with Crippen molar-refractivity contribution in [2.75, 3.05) is 20.2 Å². The number of esters is 1. The third kappa shape index (κ3) is 4.35. The Hall–Kier alpha value is -3.84. The second-order valence-corrected chi connectivity index (χ2v) is 9.01. The van der Waals surface area contributed by atoms with Crippen molar-refractivity contribution in [1.82, 2.24) is 14.0 Å². The van der Waals surface area contributed by atoms with Gasteiger partial charge >= 0.3 is 11.7 Å². The van der Waals surface area contributed by atoms with Crippen molar-refractivity contribution in [3.8, 4) is 5.69 Å². The van der Waals surface area contributed by atoms with Crippen molar-refractivity contribution in [1.29, 1.82) is 0 Å². The summed E-state index contributed by atoms with van der Waals surface area (Å²) in [7, 11) is 1.33. The number of likely N-dealkylation sites (tertiary alicyclic amines) is 1. The zero-order chi connectivity index (χ0) is 24.5. The second-order valence-electron chi connectivity index (χ2n) is 8.58. The zero-order valence-electron chi connectivity index (χ0n) is 19.2. The Bertz CT molecular complexity index is 1480. The van der Waals surface area contributed by atoms with Gasteiger partial charge in [-0.3, -0.25) is 13.9 Å². The van der Waals surface area contributed by atoms with Gasteiger partial charge in [0, 0.05) is 23.7 Å². The molecule has 0 bridgehead atoms. The minimum Gasteiger partial charge on any atom is -0.465 e. The molecule has 0 N–H and O–H groups in total. The van der Waals surface area contributed by atoms with Gasteiger partial charge in [-0.25, -0.2) is 9.59 Å². The van der Waals surface area contributed by atoms with Crippen LogP contribution in [0.1, 0.15) is 39.1 Å². The minimum atomic E-state index is -0.433. The molecule has 4 aromatic rings. The number of methoxy groups -OCH3 is 1. The van der Waals surface area contributed by atoms with Gasteiger partial charge in [0.2, 0.25) is 0 Å².